The lowest BCUT2D eigenvalue weighted by Gasteiger charge is -1.96. The molecule has 1 aromatic carbocycles. The molecule has 0 spiro atoms. The first-order valence-electron chi connectivity index (χ1n) is 5.53. The van der Waals surface area contributed by atoms with E-state index in [1.165, 1.54) is 12.8 Å². The van der Waals surface area contributed by atoms with Crippen LogP contribution in [0.3, 0.4) is 0 Å². The number of halogens is 1. The maximum absolute atomic E-state index is 5.63. The first kappa shape index (κ1) is 11.8. The summed E-state index contributed by atoms with van der Waals surface area (Å²) in [5.74, 6) is 1.88. The van der Waals surface area contributed by atoms with Crippen LogP contribution in [0.15, 0.2) is 29.4 Å². The number of alkyl halides is 1. The number of hydrogen-bond donors (Lipinski definition) is 1. The van der Waals surface area contributed by atoms with Crippen molar-refractivity contribution in [1.82, 2.24) is 9.97 Å². The third kappa shape index (κ3) is 3.16. The summed E-state index contributed by atoms with van der Waals surface area (Å²) in [6, 6.07) is 8.12. The number of unbranched alkanes of at least 4 members (excludes halogenated alkanes) is 2. The molecule has 1 N–H and O–H groups in total. The molecule has 0 fully saturated rings. The number of hydrogen-bond acceptors (Lipinski definition) is 2. The number of imidazole rings is 1. The Hall–Kier alpha value is -0.670. The van der Waals surface area contributed by atoms with Crippen molar-refractivity contribution in [3.8, 4) is 0 Å². The van der Waals surface area contributed by atoms with Gasteiger partial charge in [0.1, 0.15) is 0 Å². The summed E-state index contributed by atoms with van der Waals surface area (Å²) < 4.78 is 0. The monoisotopic (exact) mass is 254 g/mol. The second-order valence-corrected chi connectivity index (χ2v) is 5.12. The van der Waals surface area contributed by atoms with Crippen molar-refractivity contribution in [2.75, 3.05) is 11.6 Å². The van der Waals surface area contributed by atoms with Gasteiger partial charge in [-0.2, -0.15) is 0 Å². The summed E-state index contributed by atoms with van der Waals surface area (Å²) in [6.07, 6.45) is 3.52. The Balaban J connectivity index is 1.85. The molecule has 0 saturated carbocycles. The molecular formula is C12H15ClN2S. The number of nitrogens with one attached hydrogen (secondary N) is 1. The van der Waals surface area contributed by atoms with Crippen molar-refractivity contribution in [2.45, 2.75) is 24.4 Å². The molecule has 16 heavy (non-hydrogen) atoms. The molecule has 0 aliphatic carbocycles. The lowest BCUT2D eigenvalue weighted by atomic mass is 10.3. The first-order valence-corrected chi connectivity index (χ1v) is 7.05. The van der Waals surface area contributed by atoms with Crippen LogP contribution in [0.5, 0.6) is 0 Å². The molecule has 0 radical (unpaired) electrons. The first-order chi connectivity index (χ1) is 7.90. The molecule has 0 aliphatic rings. The van der Waals surface area contributed by atoms with Gasteiger partial charge in [-0.05, 0) is 25.0 Å². The van der Waals surface area contributed by atoms with E-state index >= 15 is 0 Å². The van der Waals surface area contributed by atoms with Crippen LogP contribution in [-0.4, -0.2) is 21.6 Å². The van der Waals surface area contributed by atoms with Gasteiger partial charge in [-0.25, -0.2) is 4.98 Å². The highest BCUT2D eigenvalue weighted by molar-refractivity contribution is 7.99. The molecule has 0 aliphatic heterocycles. The molecule has 2 aromatic rings. The van der Waals surface area contributed by atoms with E-state index in [0.29, 0.717) is 0 Å². The zero-order valence-corrected chi connectivity index (χ0v) is 10.7. The van der Waals surface area contributed by atoms with Crippen molar-refractivity contribution in [3.63, 3.8) is 0 Å². The Morgan fingerprint density at radius 1 is 1.19 bits per heavy atom. The zero-order valence-electron chi connectivity index (χ0n) is 9.08. The van der Waals surface area contributed by atoms with Crippen LogP contribution < -0.4 is 0 Å². The van der Waals surface area contributed by atoms with Gasteiger partial charge < -0.3 is 4.98 Å². The maximum atomic E-state index is 5.63. The van der Waals surface area contributed by atoms with Crippen LogP contribution in [0.25, 0.3) is 11.0 Å². The molecule has 0 bridgehead atoms. The topological polar surface area (TPSA) is 28.7 Å². The normalized spacial score (nSPS) is 11.1. The number of H-pyrrole nitrogens is 1. The molecular weight excluding hydrogens is 240 g/mol. The van der Waals surface area contributed by atoms with Crippen LogP contribution in [-0.2, 0) is 0 Å². The average molecular weight is 255 g/mol. The summed E-state index contributed by atoms with van der Waals surface area (Å²) in [7, 11) is 0. The van der Waals surface area contributed by atoms with Crippen molar-refractivity contribution in [2.24, 2.45) is 0 Å². The molecule has 4 heteroatoms. The number of rotatable bonds is 6. The second-order valence-electron chi connectivity index (χ2n) is 3.66. The minimum Gasteiger partial charge on any atom is -0.333 e. The van der Waals surface area contributed by atoms with Gasteiger partial charge in [0, 0.05) is 11.6 Å². The maximum Gasteiger partial charge on any atom is 0.166 e. The molecule has 86 valence electrons. The van der Waals surface area contributed by atoms with E-state index in [0.717, 1.165) is 34.2 Å². The molecule has 0 unspecified atom stereocenters. The molecule has 0 amide bonds. The number of fused-ring (bicyclic) bond motifs is 1. The van der Waals surface area contributed by atoms with Crippen LogP contribution >= 0.6 is 23.4 Å². The van der Waals surface area contributed by atoms with Gasteiger partial charge >= 0.3 is 0 Å². The summed E-state index contributed by atoms with van der Waals surface area (Å²) in [4.78, 5) is 7.82. The van der Waals surface area contributed by atoms with Gasteiger partial charge in [0.15, 0.2) is 5.16 Å². The third-order valence-electron chi connectivity index (χ3n) is 2.38. The molecule has 0 atom stereocenters. The number of aromatic nitrogens is 2. The summed E-state index contributed by atoms with van der Waals surface area (Å²) in [5.41, 5.74) is 2.16. The van der Waals surface area contributed by atoms with Gasteiger partial charge in [0.25, 0.3) is 0 Å². The predicted molar refractivity (Wildman–Crippen MR) is 71.4 cm³/mol. The summed E-state index contributed by atoms with van der Waals surface area (Å²) in [5, 5.41) is 1.02. The lowest BCUT2D eigenvalue weighted by molar-refractivity contribution is 0.782. The molecule has 1 heterocycles. The van der Waals surface area contributed by atoms with E-state index in [1.807, 2.05) is 18.2 Å². The van der Waals surface area contributed by atoms with Crippen LogP contribution in [0, 0.1) is 0 Å². The number of aromatic amines is 1. The fourth-order valence-corrected chi connectivity index (χ4v) is 2.62. The number of para-hydroxylation sites is 2. The van der Waals surface area contributed by atoms with Crippen molar-refractivity contribution < 1.29 is 0 Å². The van der Waals surface area contributed by atoms with E-state index in [4.69, 9.17) is 11.6 Å². The van der Waals surface area contributed by atoms with Gasteiger partial charge in [-0.15, -0.1) is 11.6 Å². The molecule has 2 rings (SSSR count). The van der Waals surface area contributed by atoms with Crippen molar-refractivity contribution in [3.05, 3.63) is 24.3 Å². The number of thioether (sulfide) groups is 1. The third-order valence-corrected chi connectivity index (χ3v) is 3.61. The fraction of sp³-hybridized carbons (Fsp3) is 0.417. The Labute approximate surface area is 105 Å². The fourth-order valence-electron chi connectivity index (χ4n) is 1.54. The van der Waals surface area contributed by atoms with Crippen LogP contribution in [0.1, 0.15) is 19.3 Å². The van der Waals surface area contributed by atoms with Gasteiger partial charge in [-0.1, -0.05) is 30.3 Å². The van der Waals surface area contributed by atoms with E-state index in [9.17, 15) is 0 Å². The van der Waals surface area contributed by atoms with Gasteiger partial charge in [0.05, 0.1) is 11.0 Å². The van der Waals surface area contributed by atoms with Gasteiger partial charge in [-0.3, -0.25) is 0 Å². The van der Waals surface area contributed by atoms with Crippen molar-refractivity contribution >= 4 is 34.4 Å². The van der Waals surface area contributed by atoms with E-state index < -0.39 is 0 Å². The number of nitrogens with zero attached hydrogens (tertiary/aromatic N) is 1. The van der Waals surface area contributed by atoms with Crippen molar-refractivity contribution in [1.29, 1.82) is 0 Å². The summed E-state index contributed by atoms with van der Waals surface area (Å²) >= 11 is 7.41. The van der Waals surface area contributed by atoms with Gasteiger partial charge in [0.2, 0.25) is 0 Å². The Morgan fingerprint density at radius 2 is 2.06 bits per heavy atom. The van der Waals surface area contributed by atoms with E-state index in [2.05, 4.69) is 16.0 Å². The highest BCUT2D eigenvalue weighted by Gasteiger charge is 2.01. The Kier molecular flexibility index (Phi) is 4.55. The zero-order chi connectivity index (χ0) is 11.2. The van der Waals surface area contributed by atoms with E-state index in [-0.39, 0.29) is 0 Å². The highest BCUT2D eigenvalue weighted by atomic mass is 35.5. The molecule has 1 aromatic heterocycles. The average Bonchev–Trinajstić information content (AvgIpc) is 2.71. The smallest absolute Gasteiger partial charge is 0.166 e. The van der Waals surface area contributed by atoms with E-state index in [1.54, 1.807) is 11.8 Å². The SMILES string of the molecule is ClCCCCCSc1nc2ccccc2[nH]1. The quantitative estimate of drug-likeness (QED) is 0.478. The van der Waals surface area contributed by atoms with Crippen LogP contribution in [0.4, 0.5) is 0 Å². The molecule has 0 saturated heterocycles. The lowest BCUT2D eigenvalue weighted by Crippen LogP contribution is -1.83. The highest BCUT2D eigenvalue weighted by Crippen LogP contribution is 2.20. The van der Waals surface area contributed by atoms with Crippen LogP contribution in [0.2, 0.25) is 0 Å². The minimum atomic E-state index is 0.773. The molecule has 2 nitrogen and oxygen atoms in total. The predicted octanol–water partition coefficient (Wildman–Crippen LogP) is 4.06. The minimum absolute atomic E-state index is 0.773. The largest absolute Gasteiger partial charge is 0.333 e. The second kappa shape index (κ2) is 6.16. The Morgan fingerprint density at radius 3 is 2.88 bits per heavy atom. The Bertz CT molecular complexity index is 408. The summed E-state index contributed by atoms with van der Waals surface area (Å²) in [6.45, 7) is 0. The number of benzene rings is 1. The standard InChI is InChI=1S/C12H15ClN2S/c13-8-4-1-5-9-16-12-14-10-6-2-3-7-11(10)15-12/h2-3,6-7H,1,4-5,8-9H2,(H,14,15).